The quantitative estimate of drug-likeness (QED) is 0.652. The molecule has 0 fully saturated rings. The third-order valence-corrected chi connectivity index (χ3v) is 3.75. The van der Waals surface area contributed by atoms with Crippen molar-refractivity contribution in [2.24, 2.45) is 5.92 Å². The lowest BCUT2D eigenvalue weighted by molar-refractivity contribution is -0.139. The lowest BCUT2D eigenvalue weighted by atomic mass is 9.98. The van der Waals surface area contributed by atoms with E-state index in [9.17, 15) is 14.4 Å². The van der Waals surface area contributed by atoms with Crippen molar-refractivity contribution in [1.29, 1.82) is 0 Å². The van der Waals surface area contributed by atoms with Gasteiger partial charge in [0.15, 0.2) is 0 Å². The zero-order valence-corrected chi connectivity index (χ0v) is 15.4. The van der Waals surface area contributed by atoms with Gasteiger partial charge in [0.2, 0.25) is 5.91 Å². The number of carbonyl (C=O) groups is 3. The van der Waals surface area contributed by atoms with Crippen LogP contribution >= 0.6 is 11.6 Å². The lowest BCUT2D eigenvalue weighted by Crippen LogP contribution is -2.50. The maximum absolute atomic E-state index is 12.6. The summed E-state index contributed by atoms with van der Waals surface area (Å²) in [6, 6.07) is 4.54. The monoisotopic (exact) mass is 370 g/mol. The van der Waals surface area contributed by atoms with Crippen LogP contribution in [0.25, 0.3) is 0 Å². The van der Waals surface area contributed by atoms with Crippen molar-refractivity contribution in [3.8, 4) is 0 Å². The molecule has 0 heterocycles. The topological polar surface area (TPSA) is 105 Å². The standard InChI is InChI=1S/C17H23ClN2O5/c1-10(2)15(23)19-11-5-6-13(18)12(7-11)16(24)20-17(3,9-25-4)8-14(21)22/h5-7,10H,8-9H2,1-4H3,(H,19,23)(H,20,24)(H,21,22). The van der Waals surface area contributed by atoms with Gasteiger partial charge in [-0.15, -0.1) is 0 Å². The van der Waals surface area contributed by atoms with E-state index in [1.165, 1.54) is 19.2 Å². The Balaban J connectivity index is 3.03. The number of hydrogen-bond donors (Lipinski definition) is 3. The second-order valence-electron chi connectivity index (χ2n) is 6.36. The molecule has 2 amide bonds. The molecule has 0 radical (unpaired) electrons. The van der Waals surface area contributed by atoms with Crippen molar-refractivity contribution in [1.82, 2.24) is 5.32 Å². The number of hydrogen-bond acceptors (Lipinski definition) is 4. The Morgan fingerprint density at radius 3 is 2.48 bits per heavy atom. The van der Waals surface area contributed by atoms with Crippen molar-refractivity contribution in [2.75, 3.05) is 19.0 Å². The Bertz CT molecular complexity index is 662. The highest BCUT2D eigenvalue weighted by molar-refractivity contribution is 6.34. The van der Waals surface area contributed by atoms with Crippen molar-refractivity contribution in [2.45, 2.75) is 32.7 Å². The second kappa shape index (κ2) is 8.82. The first-order chi connectivity index (χ1) is 11.6. The summed E-state index contributed by atoms with van der Waals surface area (Å²) in [6.45, 7) is 5.09. The van der Waals surface area contributed by atoms with E-state index in [2.05, 4.69) is 10.6 Å². The van der Waals surface area contributed by atoms with Crippen LogP contribution in [0, 0.1) is 5.92 Å². The van der Waals surface area contributed by atoms with Crippen LogP contribution in [0.1, 0.15) is 37.6 Å². The number of aliphatic carboxylic acids is 1. The number of amides is 2. The van der Waals surface area contributed by atoms with E-state index in [-0.39, 0.29) is 35.4 Å². The molecule has 0 aliphatic heterocycles. The van der Waals surface area contributed by atoms with E-state index in [4.69, 9.17) is 21.4 Å². The average molecular weight is 371 g/mol. The predicted molar refractivity (Wildman–Crippen MR) is 94.9 cm³/mol. The van der Waals surface area contributed by atoms with Crippen molar-refractivity contribution >= 4 is 35.1 Å². The van der Waals surface area contributed by atoms with Gasteiger partial charge in [0, 0.05) is 18.7 Å². The van der Waals surface area contributed by atoms with Crippen molar-refractivity contribution in [3.05, 3.63) is 28.8 Å². The second-order valence-corrected chi connectivity index (χ2v) is 6.76. The number of carboxylic acid groups (broad SMARTS) is 1. The zero-order valence-electron chi connectivity index (χ0n) is 14.7. The maximum Gasteiger partial charge on any atom is 0.305 e. The number of rotatable bonds is 8. The molecule has 1 atom stereocenters. The van der Waals surface area contributed by atoms with Crippen molar-refractivity contribution in [3.63, 3.8) is 0 Å². The molecule has 8 heteroatoms. The third kappa shape index (κ3) is 6.36. The van der Waals surface area contributed by atoms with Crippen LogP contribution in [0.3, 0.4) is 0 Å². The number of halogens is 1. The van der Waals surface area contributed by atoms with E-state index >= 15 is 0 Å². The minimum absolute atomic E-state index is 0.0203. The Hall–Kier alpha value is -2.12. The molecule has 0 bridgehead atoms. The molecule has 0 spiro atoms. The fourth-order valence-corrected chi connectivity index (χ4v) is 2.39. The molecular formula is C17H23ClN2O5. The summed E-state index contributed by atoms with van der Waals surface area (Å²) >= 11 is 6.08. The minimum atomic E-state index is -1.10. The summed E-state index contributed by atoms with van der Waals surface area (Å²) in [7, 11) is 1.42. The molecule has 1 aromatic rings. The van der Waals surface area contributed by atoms with Gasteiger partial charge >= 0.3 is 5.97 Å². The number of benzene rings is 1. The van der Waals surface area contributed by atoms with Gasteiger partial charge < -0.3 is 20.5 Å². The summed E-state index contributed by atoms with van der Waals surface area (Å²) in [4.78, 5) is 35.4. The molecule has 0 saturated carbocycles. The minimum Gasteiger partial charge on any atom is -0.481 e. The number of methoxy groups -OCH3 is 1. The molecule has 7 nitrogen and oxygen atoms in total. The van der Waals surface area contributed by atoms with Gasteiger partial charge in [0.25, 0.3) is 5.91 Å². The molecule has 138 valence electrons. The summed E-state index contributed by atoms with van der Waals surface area (Å²) in [5.41, 5.74) is -0.533. The first kappa shape index (κ1) is 20.9. The van der Waals surface area contributed by atoms with E-state index in [0.29, 0.717) is 5.69 Å². The maximum atomic E-state index is 12.6. The molecule has 1 aromatic carbocycles. The Morgan fingerprint density at radius 1 is 1.32 bits per heavy atom. The summed E-state index contributed by atoms with van der Waals surface area (Å²) < 4.78 is 5.01. The van der Waals surface area contributed by atoms with Gasteiger partial charge in [0.05, 0.1) is 29.2 Å². The van der Waals surface area contributed by atoms with E-state index in [0.717, 1.165) is 0 Å². The Kier molecular flexibility index (Phi) is 7.38. The molecular weight excluding hydrogens is 348 g/mol. The number of carbonyl (C=O) groups excluding carboxylic acids is 2. The first-order valence-corrected chi connectivity index (χ1v) is 8.09. The third-order valence-electron chi connectivity index (χ3n) is 3.42. The molecule has 1 rings (SSSR count). The largest absolute Gasteiger partial charge is 0.481 e. The highest BCUT2D eigenvalue weighted by Crippen LogP contribution is 2.22. The molecule has 1 unspecified atom stereocenters. The Morgan fingerprint density at radius 2 is 1.96 bits per heavy atom. The van der Waals surface area contributed by atoms with Crippen LogP contribution in [0.4, 0.5) is 5.69 Å². The summed E-state index contributed by atoms with van der Waals surface area (Å²) in [5, 5.41) is 14.6. The van der Waals surface area contributed by atoms with Crippen LogP contribution in [-0.2, 0) is 14.3 Å². The van der Waals surface area contributed by atoms with Crippen LogP contribution in [0.15, 0.2) is 18.2 Å². The first-order valence-electron chi connectivity index (χ1n) is 7.71. The fourth-order valence-electron chi connectivity index (χ4n) is 2.19. The zero-order chi connectivity index (χ0) is 19.2. The fraction of sp³-hybridized carbons (Fsp3) is 0.471. The smallest absolute Gasteiger partial charge is 0.305 e. The number of ether oxygens (including phenoxy) is 1. The molecule has 3 N–H and O–H groups in total. The number of anilines is 1. The van der Waals surface area contributed by atoms with E-state index in [1.54, 1.807) is 26.8 Å². The molecule has 0 saturated heterocycles. The van der Waals surface area contributed by atoms with Gasteiger partial charge in [0.1, 0.15) is 0 Å². The predicted octanol–water partition coefficient (Wildman–Crippen LogP) is 2.54. The lowest BCUT2D eigenvalue weighted by Gasteiger charge is -2.28. The number of nitrogens with one attached hydrogen (secondary N) is 2. The summed E-state index contributed by atoms with van der Waals surface area (Å²) in [6.07, 6.45) is -0.312. The van der Waals surface area contributed by atoms with Crippen LogP contribution in [-0.4, -0.2) is 42.1 Å². The SMILES string of the molecule is COCC(C)(CC(=O)O)NC(=O)c1cc(NC(=O)C(C)C)ccc1Cl. The molecule has 25 heavy (non-hydrogen) atoms. The van der Waals surface area contributed by atoms with Crippen molar-refractivity contribution < 1.29 is 24.2 Å². The van der Waals surface area contributed by atoms with Gasteiger partial charge in [-0.3, -0.25) is 14.4 Å². The van der Waals surface area contributed by atoms with E-state index in [1.807, 2.05) is 0 Å². The molecule has 0 aromatic heterocycles. The molecule has 0 aliphatic carbocycles. The normalized spacial score (nSPS) is 13.2. The highest BCUT2D eigenvalue weighted by atomic mass is 35.5. The molecule has 0 aliphatic rings. The van der Waals surface area contributed by atoms with Gasteiger partial charge in [-0.05, 0) is 25.1 Å². The van der Waals surface area contributed by atoms with Gasteiger partial charge in [-0.2, -0.15) is 0 Å². The summed E-state index contributed by atoms with van der Waals surface area (Å²) in [5.74, 6) is -2.02. The number of carboxylic acids is 1. The van der Waals surface area contributed by atoms with Gasteiger partial charge in [-0.1, -0.05) is 25.4 Å². The highest BCUT2D eigenvalue weighted by Gasteiger charge is 2.30. The van der Waals surface area contributed by atoms with Crippen LogP contribution in [0.2, 0.25) is 5.02 Å². The van der Waals surface area contributed by atoms with Crippen LogP contribution < -0.4 is 10.6 Å². The van der Waals surface area contributed by atoms with E-state index < -0.39 is 17.4 Å². The Labute approximate surface area is 151 Å². The van der Waals surface area contributed by atoms with Gasteiger partial charge in [-0.25, -0.2) is 0 Å². The van der Waals surface area contributed by atoms with Crippen LogP contribution in [0.5, 0.6) is 0 Å². The average Bonchev–Trinajstić information content (AvgIpc) is 2.47.